The average Bonchev–Trinajstić information content (AvgIpc) is 3.08. The lowest BCUT2D eigenvalue weighted by atomic mass is 10.2. The number of nitrogens with zero attached hydrogens (tertiary/aromatic N) is 4. The number of hydrogen-bond donors (Lipinski definition) is 0. The molecule has 0 fully saturated rings. The first-order valence-electron chi connectivity index (χ1n) is 8.70. The van der Waals surface area contributed by atoms with Gasteiger partial charge in [0.15, 0.2) is 5.65 Å². The predicted molar refractivity (Wildman–Crippen MR) is 109 cm³/mol. The van der Waals surface area contributed by atoms with Crippen LogP contribution in [0.2, 0.25) is 5.02 Å². The van der Waals surface area contributed by atoms with E-state index in [2.05, 4.69) is 10.2 Å². The highest BCUT2D eigenvalue weighted by Crippen LogP contribution is 2.29. The summed E-state index contributed by atoms with van der Waals surface area (Å²) in [5.41, 5.74) is 1.03. The van der Waals surface area contributed by atoms with Crippen molar-refractivity contribution in [2.45, 2.75) is 18.4 Å². The normalized spacial score (nSPS) is 11.7. The molecule has 9 heteroatoms. The second-order valence-electron chi connectivity index (χ2n) is 6.39. The van der Waals surface area contributed by atoms with Gasteiger partial charge in [0.1, 0.15) is 16.5 Å². The Morgan fingerprint density at radius 3 is 2.52 bits per heavy atom. The third-order valence-electron chi connectivity index (χ3n) is 4.54. The van der Waals surface area contributed by atoms with E-state index < -0.39 is 15.8 Å². The summed E-state index contributed by atoms with van der Waals surface area (Å²) < 4.78 is 44.2. The molecule has 0 radical (unpaired) electrons. The molecule has 0 amide bonds. The SMILES string of the molecule is Cc1nnc2ccc(S(=O)(=O)N(Cc3c(F)cccc3Cl)c3ccccc3)cn12. The zero-order valence-corrected chi connectivity index (χ0v) is 16.9. The van der Waals surface area contributed by atoms with Gasteiger partial charge in [0.25, 0.3) is 10.0 Å². The summed E-state index contributed by atoms with van der Waals surface area (Å²) in [5.74, 6) is -0.0146. The van der Waals surface area contributed by atoms with Gasteiger partial charge in [-0.05, 0) is 43.3 Å². The summed E-state index contributed by atoms with van der Waals surface area (Å²) >= 11 is 6.16. The molecule has 2 aromatic heterocycles. The Labute approximate surface area is 172 Å². The fourth-order valence-corrected chi connectivity index (χ4v) is 4.66. The van der Waals surface area contributed by atoms with E-state index in [0.29, 0.717) is 17.2 Å². The molecule has 29 heavy (non-hydrogen) atoms. The van der Waals surface area contributed by atoms with Crippen LogP contribution in [-0.2, 0) is 16.6 Å². The van der Waals surface area contributed by atoms with Crippen molar-refractivity contribution >= 4 is 33.0 Å². The number of anilines is 1. The Balaban J connectivity index is 1.86. The van der Waals surface area contributed by atoms with Crippen molar-refractivity contribution in [3.8, 4) is 0 Å². The second-order valence-corrected chi connectivity index (χ2v) is 8.66. The maximum absolute atomic E-state index is 14.4. The van der Waals surface area contributed by atoms with E-state index in [4.69, 9.17) is 11.6 Å². The summed E-state index contributed by atoms with van der Waals surface area (Å²) in [6.45, 7) is 1.47. The number of benzene rings is 2. The average molecular weight is 431 g/mol. The third-order valence-corrected chi connectivity index (χ3v) is 6.65. The number of aryl methyl sites for hydroxylation is 1. The van der Waals surface area contributed by atoms with Gasteiger partial charge in [-0.3, -0.25) is 8.71 Å². The van der Waals surface area contributed by atoms with Gasteiger partial charge < -0.3 is 0 Å². The van der Waals surface area contributed by atoms with Crippen molar-refractivity contribution in [2.75, 3.05) is 4.31 Å². The highest BCUT2D eigenvalue weighted by molar-refractivity contribution is 7.92. The molecule has 0 saturated carbocycles. The zero-order valence-electron chi connectivity index (χ0n) is 15.3. The zero-order chi connectivity index (χ0) is 20.6. The predicted octanol–water partition coefficient (Wildman–Crippen LogP) is 4.23. The number of fused-ring (bicyclic) bond motifs is 1. The van der Waals surface area contributed by atoms with Crippen LogP contribution in [0.25, 0.3) is 5.65 Å². The van der Waals surface area contributed by atoms with E-state index in [0.717, 1.165) is 4.31 Å². The van der Waals surface area contributed by atoms with Crippen LogP contribution in [-0.4, -0.2) is 23.0 Å². The lowest BCUT2D eigenvalue weighted by molar-refractivity contribution is 0.585. The molecule has 4 rings (SSSR count). The molecule has 0 aliphatic heterocycles. The highest BCUT2D eigenvalue weighted by Gasteiger charge is 2.27. The van der Waals surface area contributed by atoms with E-state index in [1.165, 1.54) is 30.5 Å². The Morgan fingerprint density at radius 2 is 1.79 bits per heavy atom. The summed E-state index contributed by atoms with van der Waals surface area (Å²) in [6, 6.07) is 15.8. The molecule has 0 saturated heterocycles. The highest BCUT2D eigenvalue weighted by atomic mass is 35.5. The summed E-state index contributed by atoms with van der Waals surface area (Å²) in [5, 5.41) is 8.08. The maximum Gasteiger partial charge on any atom is 0.266 e. The minimum atomic E-state index is -4.04. The lowest BCUT2D eigenvalue weighted by Gasteiger charge is -2.25. The largest absolute Gasteiger partial charge is 0.285 e. The van der Waals surface area contributed by atoms with E-state index in [9.17, 15) is 12.8 Å². The van der Waals surface area contributed by atoms with Crippen LogP contribution in [0.4, 0.5) is 10.1 Å². The summed E-state index contributed by atoms with van der Waals surface area (Å²) in [6.07, 6.45) is 1.46. The van der Waals surface area contributed by atoms with E-state index >= 15 is 0 Å². The van der Waals surface area contributed by atoms with Crippen molar-refractivity contribution in [2.24, 2.45) is 0 Å². The molecule has 0 spiro atoms. The minimum Gasteiger partial charge on any atom is -0.285 e. The first-order valence-corrected chi connectivity index (χ1v) is 10.5. The fraction of sp³-hybridized carbons (Fsp3) is 0.100. The molecule has 4 aromatic rings. The van der Waals surface area contributed by atoms with Gasteiger partial charge in [0.05, 0.1) is 12.2 Å². The molecular weight excluding hydrogens is 415 g/mol. The van der Waals surface area contributed by atoms with Gasteiger partial charge in [-0.1, -0.05) is 35.9 Å². The number of halogens is 2. The van der Waals surface area contributed by atoms with Gasteiger partial charge >= 0.3 is 0 Å². The molecular formula is C20H16ClFN4O2S. The Morgan fingerprint density at radius 1 is 1.03 bits per heavy atom. The Hall–Kier alpha value is -2.97. The van der Waals surface area contributed by atoms with Gasteiger partial charge in [-0.25, -0.2) is 12.8 Å². The Kier molecular flexibility index (Phi) is 4.97. The molecule has 6 nitrogen and oxygen atoms in total. The smallest absolute Gasteiger partial charge is 0.266 e. The van der Waals surface area contributed by atoms with Gasteiger partial charge in [-0.15, -0.1) is 10.2 Å². The molecule has 0 bridgehead atoms. The molecule has 2 heterocycles. The van der Waals surface area contributed by atoms with Crippen molar-refractivity contribution in [3.05, 3.63) is 89.1 Å². The quantitative estimate of drug-likeness (QED) is 0.475. The monoisotopic (exact) mass is 430 g/mol. The van der Waals surface area contributed by atoms with E-state index in [1.807, 2.05) is 0 Å². The molecule has 0 aliphatic rings. The van der Waals surface area contributed by atoms with Crippen LogP contribution in [0.15, 0.2) is 71.8 Å². The van der Waals surface area contributed by atoms with Crippen LogP contribution in [0.3, 0.4) is 0 Å². The van der Waals surface area contributed by atoms with Crippen molar-refractivity contribution in [1.29, 1.82) is 0 Å². The number of sulfonamides is 1. The molecule has 0 unspecified atom stereocenters. The first kappa shape index (κ1) is 19.4. The van der Waals surface area contributed by atoms with Crippen LogP contribution >= 0.6 is 11.6 Å². The first-order chi connectivity index (χ1) is 13.9. The van der Waals surface area contributed by atoms with Crippen LogP contribution in [0.1, 0.15) is 11.4 Å². The lowest BCUT2D eigenvalue weighted by Crippen LogP contribution is -2.31. The number of rotatable bonds is 5. The van der Waals surface area contributed by atoms with E-state index in [1.54, 1.807) is 47.7 Å². The fourth-order valence-electron chi connectivity index (χ4n) is 3.00. The maximum atomic E-state index is 14.4. The molecule has 148 valence electrons. The van der Waals surface area contributed by atoms with Gasteiger partial charge in [0.2, 0.25) is 0 Å². The standard InChI is InChI=1S/C20H16ClFN4O2S/c1-14-23-24-20-11-10-16(12-25(14)20)29(27,28)26(15-6-3-2-4-7-15)13-17-18(21)8-5-9-19(17)22/h2-12H,13H2,1H3. The van der Waals surface area contributed by atoms with Crippen LogP contribution in [0, 0.1) is 12.7 Å². The number of hydrogen-bond acceptors (Lipinski definition) is 4. The number of para-hydroxylation sites is 1. The number of pyridine rings is 1. The molecule has 2 aromatic carbocycles. The minimum absolute atomic E-state index is 0.0317. The Bertz CT molecular complexity index is 1270. The van der Waals surface area contributed by atoms with Crippen LogP contribution < -0.4 is 4.31 Å². The topological polar surface area (TPSA) is 67.6 Å². The van der Waals surface area contributed by atoms with Gasteiger partial charge in [-0.2, -0.15) is 0 Å². The van der Waals surface area contributed by atoms with Crippen molar-refractivity contribution in [1.82, 2.24) is 14.6 Å². The molecule has 0 N–H and O–H groups in total. The number of aromatic nitrogens is 3. The molecule has 0 aliphatic carbocycles. The second kappa shape index (κ2) is 7.46. The van der Waals surface area contributed by atoms with Gasteiger partial charge in [0, 0.05) is 16.8 Å². The molecule has 0 atom stereocenters. The third kappa shape index (κ3) is 3.56. The summed E-state index contributed by atoms with van der Waals surface area (Å²) in [7, 11) is -4.04. The van der Waals surface area contributed by atoms with E-state index in [-0.39, 0.29) is 22.0 Å². The summed E-state index contributed by atoms with van der Waals surface area (Å²) in [4.78, 5) is 0.0317. The van der Waals surface area contributed by atoms with Crippen molar-refractivity contribution in [3.63, 3.8) is 0 Å². The van der Waals surface area contributed by atoms with Crippen LogP contribution in [0.5, 0.6) is 0 Å². The van der Waals surface area contributed by atoms with Crippen molar-refractivity contribution < 1.29 is 12.8 Å².